The van der Waals surface area contributed by atoms with Crippen LogP contribution < -0.4 is 11.1 Å². The quantitative estimate of drug-likeness (QED) is 0.787. The van der Waals surface area contributed by atoms with Crippen molar-refractivity contribution in [1.82, 2.24) is 9.88 Å². The molecule has 5 unspecified atom stereocenters. The van der Waals surface area contributed by atoms with Gasteiger partial charge in [0.25, 0.3) is 0 Å². The lowest BCUT2D eigenvalue weighted by Crippen LogP contribution is -2.59. The lowest BCUT2D eigenvalue weighted by Gasteiger charge is -2.58. The summed E-state index contributed by atoms with van der Waals surface area (Å²) in [5, 5.41) is 12.5. The van der Waals surface area contributed by atoms with Gasteiger partial charge in [-0.2, -0.15) is 5.26 Å². The molecule has 4 aliphatic carbocycles. The highest BCUT2D eigenvalue weighted by molar-refractivity contribution is 5.81. The van der Waals surface area contributed by atoms with Crippen molar-refractivity contribution in [1.29, 1.82) is 5.26 Å². The van der Waals surface area contributed by atoms with E-state index >= 15 is 0 Å². The van der Waals surface area contributed by atoms with Gasteiger partial charge in [0.05, 0.1) is 11.0 Å². The molecule has 4 saturated carbocycles. The van der Waals surface area contributed by atoms with E-state index in [9.17, 15) is 14.9 Å². The molecule has 30 heavy (non-hydrogen) atoms. The van der Waals surface area contributed by atoms with Gasteiger partial charge in [-0.3, -0.25) is 4.79 Å². The molecule has 3 N–H and O–H groups in total. The van der Waals surface area contributed by atoms with Crippen molar-refractivity contribution in [3.8, 4) is 6.07 Å². The van der Waals surface area contributed by atoms with Crippen LogP contribution in [0.2, 0.25) is 0 Å². The monoisotopic (exact) mass is 409 g/mol. The first-order chi connectivity index (χ1) is 14.5. The lowest BCUT2D eigenvalue weighted by atomic mass is 9.48. The van der Waals surface area contributed by atoms with Crippen LogP contribution in [0, 0.1) is 34.5 Å². The number of hydrogen-bond donors (Lipinski definition) is 2. The predicted molar refractivity (Wildman–Crippen MR) is 108 cm³/mol. The van der Waals surface area contributed by atoms with E-state index in [4.69, 9.17) is 10.5 Å². The Bertz CT molecular complexity index is 896. The van der Waals surface area contributed by atoms with Crippen LogP contribution >= 0.6 is 0 Å². The van der Waals surface area contributed by atoms with Gasteiger partial charge in [-0.05, 0) is 68.4 Å². The number of likely N-dealkylation sites (tertiary alicyclic amines) is 1. The van der Waals surface area contributed by atoms with Gasteiger partial charge in [0.1, 0.15) is 18.0 Å². The van der Waals surface area contributed by atoms with Gasteiger partial charge < -0.3 is 20.7 Å². The highest BCUT2D eigenvalue weighted by Crippen LogP contribution is 2.60. The van der Waals surface area contributed by atoms with Crippen molar-refractivity contribution in [3.63, 3.8) is 0 Å². The zero-order valence-electron chi connectivity index (χ0n) is 16.9. The molecule has 2 heterocycles. The van der Waals surface area contributed by atoms with Gasteiger partial charge in [-0.15, -0.1) is 0 Å². The summed E-state index contributed by atoms with van der Waals surface area (Å²) >= 11 is 0. The van der Waals surface area contributed by atoms with E-state index in [0.717, 1.165) is 38.5 Å². The normalized spacial score (nSPS) is 36.4. The number of amides is 2. The molecule has 6 rings (SSSR count). The van der Waals surface area contributed by atoms with Crippen molar-refractivity contribution < 1.29 is 14.3 Å². The Labute approximate surface area is 175 Å². The van der Waals surface area contributed by atoms with Gasteiger partial charge in [0.2, 0.25) is 5.91 Å². The number of anilines is 1. The van der Waals surface area contributed by atoms with E-state index in [1.165, 1.54) is 0 Å². The first-order valence-corrected chi connectivity index (χ1v) is 10.8. The topological polar surface area (TPSA) is 121 Å². The molecular weight excluding hydrogens is 382 g/mol. The molecule has 1 saturated heterocycles. The Kier molecular flexibility index (Phi) is 4.57. The fourth-order valence-corrected chi connectivity index (χ4v) is 6.51. The maximum absolute atomic E-state index is 12.9. The molecule has 6 atom stereocenters. The van der Waals surface area contributed by atoms with Crippen LogP contribution in [-0.4, -0.2) is 47.1 Å². The number of primary amides is 1. The van der Waals surface area contributed by atoms with Crippen LogP contribution in [-0.2, 0) is 9.53 Å². The summed E-state index contributed by atoms with van der Waals surface area (Å²) < 4.78 is 6.02. The fraction of sp³-hybridized carbons (Fsp3) is 0.636. The second-order valence-electron chi connectivity index (χ2n) is 9.55. The van der Waals surface area contributed by atoms with Crippen molar-refractivity contribution in [2.75, 3.05) is 18.4 Å². The summed E-state index contributed by atoms with van der Waals surface area (Å²) in [4.78, 5) is 31.0. The van der Waals surface area contributed by atoms with Crippen molar-refractivity contribution in [2.45, 2.75) is 50.7 Å². The van der Waals surface area contributed by atoms with E-state index in [1.54, 1.807) is 23.2 Å². The molecule has 158 valence electrons. The maximum Gasteiger partial charge on any atom is 0.410 e. The largest absolute Gasteiger partial charge is 0.446 e. The number of nitriles is 1. The van der Waals surface area contributed by atoms with Crippen molar-refractivity contribution >= 4 is 17.8 Å². The summed E-state index contributed by atoms with van der Waals surface area (Å²) in [6.07, 6.45) is 6.54. The van der Waals surface area contributed by atoms with Gasteiger partial charge in [-0.1, -0.05) is 0 Å². The van der Waals surface area contributed by atoms with Gasteiger partial charge in [0.15, 0.2) is 0 Å². The maximum atomic E-state index is 12.9. The molecule has 1 aromatic heterocycles. The number of nitrogens with one attached hydrogen (secondary N) is 1. The third-order valence-corrected chi connectivity index (χ3v) is 7.66. The number of nitrogens with zero attached hydrogens (tertiary/aromatic N) is 3. The summed E-state index contributed by atoms with van der Waals surface area (Å²) in [5.74, 6) is 1.41. The Balaban J connectivity index is 1.20. The van der Waals surface area contributed by atoms with Crippen LogP contribution in [0.3, 0.4) is 0 Å². The minimum atomic E-state index is -0.372. The molecule has 5 aliphatic rings. The van der Waals surface area contributed by atoms with E-state index < -0.39 is 0 Å². The molecule has 4 bridgehead atoms. The van der Waals surface area contributed by atoms with Gasteiger partial charge in [0, 0.05) is 25.3 Å². The average molecular weight is 409 g/mol. The Morgan fingerprint density at radius 2 is 2.07 bits per heavy atom. The third-order valence-electron chi connectivity index (χ3n) is 7.66. The molecule has 0 aromatic carbocycles. The van der Waals surface area contributed by atoms with Crippen LogP contribution in [0.4, 0.5) is 10.6 Å². The number of carbonyl (C=O) groups excluding carboxylic acids is 2. The highest BCUT2D eigenvalue weighted by Gasteiger charge is 2.59. The number of pyridine rings is 1. The summed E-state index contributed by atoms with van der Waals surface area (Å²) in [5.41, 5.74) is 5.87. The van der Waals surface area contributed by atoms with Crippen LogP contribution in [0.5, 0.6) is 0 Å². The molecule has 1 aromatic rings. The Morgan fingerprint density at radius 3 is 2.77 bits per heavy atom. The van der Waals surface area contributed by atoms with E-state index in [2.05, 4.69) is 16.4 Å². The molecule has 8 heteroatoms. The zero-order valence-corrected chi connectivity index (χ0v) is 16.9. The van der Waals surface area contributed by atoms with Gasteiger partial charge in [-0.25, -0.2) is 9.78 Å². The van der Waals surface area contributed by atoms with Crippen molar-refractivity contribution in [3.05, 3.63) is 23.9 Å². The van der Waals surface area contributed by atoms with Crippen LogP contribution in [0.1, 0.15) is 44.1 Å². The average Bonchev–Trinajstić information content (AvgIpc) is 3.19. The van der Waals surface area contributed by atoms with Crippen molar-refractivity contribution in [2.24, 2.45) is 28.9 Å². The Hall–Kier alpha value is -2.82. The standard InChI is InChI=1S/C22H27N5O3/c23-11-14-2-1-4-25-19(14)26-17-3-5-27(12-17)21(29)30-18-15-6-13-7-16(18)10-22(8-13,9-15)20(24)28/h1-2,4,13,15-18H,3,5-10,12H2,(H2,24,28)(H,25,26)/t13?,15-,16?,17?,18?,22?/m0/s1. The predicted octanol–water partition coefficient (Wildman–Crippen LogP) is 2.26. The molecule has 5 fully saturated rings. The highest BCUT2D eigenvalue weighted by atomic mass is 16.6. The summed E-state index contributed by atoms with van der Waals surface area (Å²) in [7, 11) is 0. The minimum Gasteiger partial charge on any atom is -0.446 e. The number of aromatic nitrogens is 1. The number of nitrogens with two attached hydrogens (primary N) is 1. The molecular formula is C22H27N5O3. The number of carbonyl (C=O) groups is 2. The van der Waals surface area contributed by atoms with E-state index in [-0.39, 0.29) is 41.4 Å². The van der Waals surface area contributed by atoms with Crippen LogP contribution in [0.25, 0.3) is 0 Å². The molecule has 8 nitrogen and oxygen atoms in total. The fourth-order valence-electron chi connectivity index (χ4n) is 6.51. The number of rotatable bonds is 4. The molecule has 2 amide bonds. The van der Waals surface area contributed by atoms with E-state index in [1.807, 2.05) is 0 Å². The first-order valence-electron chi connectivity index (χ1n) is 10.8. The smallest absolute Gasteiger partial charge is 0.410 e. The third kappa shape index (κ3) is 3.17. The van der Waals surface area contributed by atoms with E-state index in [0.29, 0.717) is 30.4 Å². The lowest BCUT2D eigenvalue weighted by molar-refractivity contribution is -0.161. The number of ether oxygens (including phenoxy) is 1. The second kappa shape index (κ2) is 7.15. The number of hydrogen-bond acceptors (Lipinski definition) is 6. The zero-order chi connectivity index (χ0) is 20.9. The van der Waals surface area contributed by atoms with Gasteiger partial charge >= 0.3 is 6.09 Å². The summed E-state index contributed by atoms with van der Waals surface area (Å²) in [6.45, 7) is 1.14. The molecule has 0 radical (unpaired) electrons. The minimum absolute atomic E-state index is 0.0381. The molecule has 1 aliphatic heterocycles. The van der Waals surface area contributed by atoms with Crippen LogP contribution in [0.15, 0.2) is 18.3 Å². The molecule has 0 spiro atoms. The SMILES string of the molecule is N#Cc1cccnc1NC1CCN(C(=O)OC2C3CC4C[C@H]2CC(C(N)=O)(C4)C3)C1. The second-order valence-corrected chi connectivity index (χ2v) is 9.55. The Morgan fingerprint density at radius 1 is 1.30 bits per heavy atom. The first kappa shape index (κ1) is 19.2. The summed E-state index contributed by atoms with van der Waals surface area (Å²) in [6, 6.07) is 5.63.